The van der Waals surface area contributed by atoms with Gasteiger partial charge in [-0.15, -0.1) is 0 Å². The van der Waals surface area contributed by atoms with Gasteiger partial charge in [0.1, 0.15) is 12.7 Å². The maximum Gasteiger partial charge on any atom is 0.224 e. The largest absolute Gasteiger partial charge is 0.367 e. The molecule has 1 fully saturated rings. The van der Waals surface area contributed by atoms with Gasteiger partial charge in [-0.25, -0.2) is 4.98 Å². The molecule has 3 heterocycles. The van der Waals surface area contributed by atoms with Gasteiger partial charge in [0.15, 0.2) is 0 Å². The topological polar surface area (TPSA) is 67.2 Å². The van der Waals surface area contributed by atoms with Crippen LogP contribution in [0.3, 0.4) is 0 Å². The summed E-state index contributed by atoms with van der Waals surface area (Å²) in [5, 5.41) is 4.00. The first-order chi connectivity index (χ1) is 10.3. The molecule has 0 saturated carbocycles. The summed E-state index contributed by atoms with van der Waals surface area (Å²) in [5.74, 6) is 0.177. The number of aromatic nitrogens is 4. The third-order valence-electron chi connectivity index (χ3n) is 3.66. The van der Waals surface area contributed by atoms with Crippen molar-refractivity contribution < 1.29 is 4.79 Å². The van der Waals surface area contributed by atoms with E-state index in [-0.39, 0.29) is 5.91 Å². The number of carbonyl (C=O) groups is 1. The summed E-state index contributed by atoms with van der Waals surface area (Å²) < 4.78 is 1.68. The van der Waals surface area contributed by atoms with E-state index < -0.39 is 0 Å². The van der Waals surface area contributed by atoms with E-state index in [0.29, 0.717) is 13.0 Å². The van der Waals surface area contributed by atoms with Crippen LogP contribution in [0.4, 0.5) is 5.69 Å². The molecule has 1 amide bonds. The van der Waals surface area contributed by atoms with Crippen molar-refractivity contribution in [3.8, 4) is 0 Å². The minimum atomic E-state index is 0.177. The molecule has 0 radical (unpaired) electrons. The van der Waals surface area contributed by atoms with E-state index >= 15 is 0 Å². The number of hydrogen-bond acceptors (Lipinski definition) is 5. The highest BCUT2D eigenvalue weighted by Gasteiger charge is 2.21. The van der Waals surface area contributed by atoms with Crippen LogP contribution in [-0.4, -0.2) is 56.7 Å². The summed E-state index contributed by atoms with van der Waals surface area (Å²) in [7, 11) is 0. The number of nitrogens with zero attached hydrogens (tertiary/aromatic N) is 6. The van der Waals surface area contributed by atoms with Crippen LogP contribution >= 0.6 is 0 Å². The molecule has 2 aromatic heterocycles. The second-order valence-corrected chi connectivity index (χ2v) is 4.99. The van der Waals surface area contributed by atoms with Crippen LogP contribution in [0.25, 0.3) is 0 Å². The maximum atomic E-state index is 12.2. The Morgan fingerprint density at radius 1 is 1.19 bits per heavy atom. The van der Waals surface area contributed by atoms with Crippen molar-refractivity contribution in [1.29, 1.82) is 0 Å². The van der Waals surface area contributed by atoms with E-state index in [0.717, 1.165) is 31.9 Å². The number of anilines is 1. The highest BCUT2D eigenvalue weighted by Crippen LogP contribution is 2.14. The fourth-order valence-corrected chi connectivity index (χ4v) is 2.47. The lowest BCUT2D eigenvalue weighted by atomic mass is 10.2. The molecule has 7 nitrogen and oxygen atoms in total. The lowest BCUT2D eigenvalue weighted by molar-refractivity contribution is -0.131. The number of aryl methyl sites for hydroxylation is 1. The second kappa shape index (κ2) is 6.34. The number of pyridine rings is 1. The maximum absolute atomic E-state index is 12.2. The zero-order valence-electron chi connectivity index (χ0n) is 11.8. The van der Waals surface area contributed by atoms with Gasteiger partial charge in [-0.1, -0.05) is 0 Å². The molecule has 2 aromatic rings. The van der Waals surface area contributed by atoms with Gasteiger partial charge in [-0.3, -0.25) is 14.5 Å². The van der Waals surface area contributed by atoms with Gasteiger partial charge in [-0.05, 0) is 12.1 Å². The Kier molecular flexibility index (Phi) is 4.09. The number of carbonyl (C=O) groups excluding carboxylic acids is 1. The van der Waals surface area contributed by atoms with E-state index in [1.807, 2.05) is 17.2 Å². The fraction of sp³-hybridized carbons (Fsp3) is 0.429. The van der Waals surface area contributed by atoms with Crippen LogP contribution in [-0.2, 0) is 11.3 Å². The van der Waals surface area contributed by atoms with Crippen LogP contribution in [0.5, 0.6) is 0 Å². The molecule has 1 aliphatic rings. The molecule has 0 spiro atoms. The first kappa shape index (κ1) is 13.5. The van der Waals surface area contributed by atoms with Crippen molar-refractivity contribution in [3.63, 3.8) is 0 Å². The van der Waals surface area contributed by atoms with Crippen LogP contribution in [0.2, 0.25) is 0 Å². The van der Waals surface area contributed by atoms with Crippen LogP contribution in [0, 0.1) is 0 Å². The third kappa shape index (κ3) is 3.36. The Hall–Kier alpha value is -2.44. The molecule has 1 saturated heterocycles. The predicted octanol–water partition coefficient (Wildman–Crippen LogP) is 0.412. The molecule has 0 aliphatic carbocycles. The van der Waals surface area contributed by atoms with E-state index in [2.05, 4.69) is 26.0 Å². The van der Waals surface area contributed by atoms with Gasteiger partial charge < -0.3 is 9.80 Å². The normalized spacial score (nSPS) is 15.2. The predicted molar refractivity (Wildman–Crippen MR) is 77.7 cm³/mol. The molecular formula is C14H18N6O. The first-order valence-corrected chi connectivity index (χ1v) is 7.08. The van der Waals surface area contributed by atoms with Gasteiger partial charge >= 0.3 is 0 Å². The molecule has 7 heteroatoms. The van der Waals surface area contributed by atoms with E-state index in [1.54, 1.807) is 17.2 Å². The third-order valence-corrected chi connectivity index (χ3v) is 3.66. The first-order valence-electron chi connectivity index (χ1n) is 7.08. The number of rotatable bonds is 4. The Morgan fingerprint density at radius 2 is 2.05 bits per heavy atom. The smallest absolute Gasteiger partial charge is 0.224 e. The van der Waals surface area contributed by atoms with Crippen molar-refractivity contribution in [3.05, 3.63) is 37.2 Å². The molecule has 0 N–H and O–H groups in total. The summed E-state index contributed by atoms with van der Waals surface area (Å²) in [5.41, 5.74) is 1.12. The van der Waals surface area contributed by atoms with Crippen molar-refractivity contribution in [1.82, 2.24) is 24.6 Å². The molecule has 0 atom stereocenters. The van der Waals surface area contributed by atoms with E-state index in [1.165, 1.54) is 6.33 Å². The van der Waals surface area contributed by atoms with Gasteiger partial charge in [0.2, 0.25) is 5.91 Å². The van der Waals surface area contributed by atoms with Gasteiger partial charge in [-0.2, -0.15) is 5.10 Å². The summed E-state index contributed by atoms with van der Waals surface area (Å²) in [6.45, 7) is 3.79. The molecule has 3 rings (SSSR count). The van der Waals surface area contributed by atoms with Gasteiger partial charge in [0, 0.05) is 38.8 Å². The Morgan fingerprint density at radius 3 is 2.71 bits per heavy atom. The van der Waals surface area contributed by atoms with Crippen molar-refractivity contribution in [2.45, 2.75) is 13.0 Å². The second-order valence-electron chi connectivity index (χ2n) is 4.99. The number of amides is 1. The molecule has 1 aliphatic heterocycles. The van der Waals surface area contributed by atoms with Gasteiger partial charge in [0.25, 0.3) is 0 Å². The Labute approximate surface area is 123 Å². The number of piperazine rings is 1. The molecule has 0 bridgehead atoms. The van der Waals surface area contributed by atoms with Gasteiger partial charge in [0.05, 0.1) is 18.4 Å². The average molecular weight is 286 g/mol. The van der Waals surface area contributed by atoms with Crippen LogP contribution < -0.4 is 4.90 Å². The zero-order chi connectivity index (χ0) is 14.5. The standard InChI is InChI=1S/C14H18N6O/c21-14(3-5-20-12-16-11-17-20)19-8-6-18(7-9-19)13-2-1-4-15-10-13/h1-2,4,10-12H,3,5-9H2. The van der Waals surface area contributed by atoms with Crippen LogP contribution in [0.15, 0.2) is 37.2 Å². The quantitative estimate of drug-likeness (QED) is 0.814. The summed E-state index contributed by atoms with van der Waals surface area (Å²) in [6.07, 6.45) is 7.22. The van der Waals surface area contributed by atoms with Crippen LogP contribution in [0.1, 0.15) is 6.42 Å². The molecule has 21 heavy (non-hydrogen) atoms. The number of hydrogen-bond donors (Lipinski definition) is 0. The lowest BCUT2D eigenvalue weighted by Gasteiger charge is -2.36. The monoisotopic (exact) mass is 286 g/mol. The van der Waals surface area contributed by atoms with Crippen molar-refractivity contribution in [2.75, 3.05) is 31.1 Å². The molecule has 0 aromatic carbocycles. The highest BCUT2D eigenvalue weighted by molar-refractivity contribution is 5.76. The average Bonchev–Trinajstić information content (AvgIpc) is 3.07. The summed E-state index contributed by atoms with van der Waals surface area (Å²) >= 11 is 0. The minimum Gasteiger partial charge on any atom is -0.367 e. The summed E-state index contributed by atoms with van der Waals surface area (Å²) in [4.78, 5) is 24.4. The molecule has 0 unspecified atom stereocenters. The molecule has 110 valence electrons. The van der Waals surface area contributed by atoms with Crippen molar-refractivity contribution in [2.24, 2.45) is 0 Å². The Balaban J connectivity index is 1.48. The Bertz CT molecular complexity index is 562. The fourth-order valence-electron chi connectivity index (χ4n) is 2.47. The van der Waals surface area contributed by atoms with E-state index in [4.69, 9.17) is 0 Å². The minimum absolute atomic E-state index is 0.177. The summed E-state index contributed by atoms with van der Waals surface area (Å²) in [6, 6.07) is 3.99. The lowest BCUT2D eigenvalue weighted by Crippen LogP contribution is -2.49. The SMILES string of the molecule is O=C(CCn1cncn1)N1CCN(c2cccnc2)CC1. The van der Waals surface area contributed by atoms with Crippen molar-refractivity contribution >= 4 is 11.6 Å². The molecular weight excluding hydrogens is 268 g/mol. The highest BCUT2D eigenvalue weighted by atomic mass is 16.2. The van der Waals surface area contributed by atoms with E-state index in [9.17, 15) is 4.79 Å². The zero-order valence-corrected chi connectivity index (χ0v) is 11.8.